The Morgan fingerprint density at radius 2 is 1.86 bits per heavy atom. The van der Waals surface area contributed by atoms with Gasteiger partial charge < -0.3 is 5.32 Å². The molecule has 21 heavy (non-hydrogen) atoms. The van der Waals surface area contributed by atoms with Crippen LogP contribution in [-0.4, -0.2) is 20.9 Å². The molecule has 0 aliphatic heterocycles. The van der Waals surface area contributed by atoms with Crippen molar-refractivity contribution in [2.75, 3.05) is 5.32 Å². The first kappa shape index (κ1) is 15.5. The molecule has 0 radical (unpaired) electrons. The van der Waals surface area contributed by atoms with E-state index in [2.05, 4.69) is 20.3 Å². The molecule has 2 aromatic rings. The van der Waals surface area contributed by atoms with Crippen molar-refractivity contribution in [2.24, 2.45) is 0 Å². The molecule has 110 valence electrons. The lowest BCUT2D eigenvalue weighted by atomic mass is 10.2. The molecule has 1 amide bonds. The van der Waals surface area contributed by atoms with Gasteiger partial charge in [-0.3, -0.25) is 9.78 Å². The Labute approximate surface area is 126 Å². The Bertz CT molecular complexity index is 676. The van der Waals surface area contributed by atoms with E-state index in [9.17, 15) is 18.0 Å². The number of nitrogens with one attached hydrogen (secondary N) is 1. The van der Waals surface area contributed by atoms with E-state index in [1.54, 1.807) is 0 Å². The van der Waals surface area contributed by atoms with Crippen LogP contribution in [0.3, 0.4) is 0 Å². The van der Waals surface area contributed by atoms with Gasteiger partial charge in [-0.15, -0.1) is 0 Å². The van der Waals surface area contributed by atoms with Crippen molar-refractivity contribution in [3.63, 3.8) is 0 Å². The van der Waals surface area contributed by atoms with Gasteiger partial charge in [-0.25, -0.2) is 9.97 Å². The van der Waals surface area contributed by atoms with Gasteiger partial charge >= 0.3 is 6.18 Å². The highest BCUT2D eigenvalue weighted by atomic mass is 35.5. The van der Waals surface area contributed by atoms with Crippen LogP contribution in [0.25, 0.3) is 0 Å². The number of amides is 1. The van der Waals surface area contributed by atoms with Gasteiger partial charge in [0, 0.05) is 6.20 Å². The summed E-state index contributed by atoms with van der Waals surface area (Å²) < 4.78 is 37.1. The molecule has 0 unspecified atom stereocenters. The second-order valence-electron chi connectivity index (χ2n) is 3.71. The van der Waals surface area contributed by atoms with Crippen LogP contribution in [0.4, 0.5) is 19.0 Å². The number of pyridine rings is 1. The maximum absolute atomic E-state index is 12.4. The standard InChI is InChI=1S/C11H5Cl2F3N4O/c12-7-8(13)18-4-19-9(7)20-10(21)6-2-1-5(3-17-6)11(14,15)16/h1-4H,(H,18,19,20,21). The summed E-state index contributed by atoms with van der Waals surface area (Å²) in [4.78, 5) is 22.5. The monoisotopic (exact) mass is 336 g/mol. The second-order valence-corrected chi connectivity index (χ2v) is 4.45. The van der Waals surface area contributed by atoms with Crippen molar-refractivity contribution >= 4 is 34.9 Å². The Morgan fingerprint density at radius 1 is 1.14 bits per heavy atom. The normalized spacial score (nSPS) is 11.3. The fourth-order valence-corrected chi connectivity index (χ4v) is 1.58. The second kappa shape index (κ2) is 5.82. The first-order valence-corrected chi connectivity index (χ1v) is 6.05. The number of alkyl halides is 3. The minimum Gasteiger partial charge on any atom is -0.304 e. The van der Waals surface area contributed by atoms with E-state index in [1.165, 1.54) is 0 Å². The maximum atomic E-state index is 12.4. The SMILES string of the molecule is O=C(Nc1ncnc(Cl)c1Cl)c1ccc(C(F)(F)F)cn1. The fourth-order valence-electron chi connectivity index (χ4n) is 1.30. The number of nitrogens with zero attached hydrogens (tertiary/aromatic N) is 3. The minimum atomic E-state index is -4.52. The number of aromatic nitrogens is 3. The van der Waals surface area contributed by atoms with E-state index in [-0.39, 0.29) is 21.7 Å². The van der Waals surface area contributed by atoms with Gasteiger partial charge in [0.25, 0.3) is 5.91 Å². The predicted octanol–water partition coefficient (Wildman–Crippen LogP) is 3.45. The number of carbonyl (C=O) groups is 1. The average molecular weight is 337 g/mol. The van der Waals surface area contributed by atoms with Gasteiger partial charge in [-0.05, 0) is 12.1 Å². The van der Waals surface area contributed by atoms with Crippen LogP contribution in [0.5, 0.6) is 0 Å². The molecule has 2 rings (SSSR count). The fraction of sp³-hybridized carbons (Fsp3) is 0.0909. The molecule has 0 saturated carbocycles. The van der Waals surface area contributed by atoms with Crippen LogP contribution in [-0.2, 0) is 6.18 Å². The highest BCUT2D eigenvalue weighted by molar-refractivity contribution is 6.43. The molecule has 0 aliphatic carbocycles. The molecule has 10 heteroatoms. The van der Waals surface area contributed by atoms with Crippen LogP contribution in [0.2, 0.25) is 10.2 Å². The summed E-state index contributed by atoms with van der Waals surface area (Å²) in [7, 11) is 0. The quantitative estimate of drug-likeness (QED) is 0.853. The Kier molecular flexibility index (Phi) is 4.29. The molecule has 2 heterocycles. The van der Waals surface area contributed by atoms with Crippen LogP contribution in [0.1, 0.15) is 16.1 Å². The molecule has 5 nitrogen and oxygen atoms in total. The molecule has 0 atom stereocenters. The third-order valence-corrected chi connectivity index (χ3v) is 3.04. The third-order valence-electron chi connectivity index (χ3n) is 2.30. The lowest BCUT2D eigenvalue weighted by Crippen LogP contribution is -2.16. The van der Waals surface area contributed by atoms with Gasteiger partial charge in [0.15, 0.2) is 11.0 Å². The van der Waals surface area contributed by atoms with Crippen LogP contribution in [0, 0.1) is 0 Å². The highest BCUT2D eigenvalue weighted by Crippen LogP contribution is 2.29. The van der Waals surface area contributed by atoms with Crippen molar-refractivity contribution in [3.8, 4) is 0 Å². The van der Waals surface area contributed by atoms with Gasteiger partial charge in [0.2, 0.25) is 0 Å². The summed E-state index contributed by atoms with van der Waals surface area (Å²) in [5.74, 6) is -0.844. The van der Waals surface area contributed by atoms with E-state index in [1.807, 2.05) is 0 Å². The van der Waals surface area contributed by atoms with Crippen molar-refractivity contribution < 1.29 is 18.0 Å². The van der Waals surface area contributed by atoms with Gasteiger partial charge in [0.1, 0.15) is 17.0 Å². The summed E-state index contributed by atoms with van der Waals surface area (Å²) in [6.45, 7) is 0. The lowest BCUT2D eigenvalue weighted by molar-refractivity contribution is -0.137. The van der Waals surface area contributed by atoms with Crippen molar-refractivity contribution in [2.45, 2.75) is 6.18 Å². The molecule has 0 aromatic carbocycles. The Balaban J connectivity index is 2.19. The molecule has 2 aromatic heterocycles. The van der Waals surface area contributed by atoms with Crippen LogP contribution >= 0.6 is 23.2 Å². The third kappa shape index (κ3) is 3.59. The Morgan fingerprint density at radius 3 is 2.43 bits per heavy atom. The smallest absolute Gasteiger partial charge is 0.304 e. The van der Waals surface area contributed by atoms with E-state index >= 15 is 0 Å². The van der Waals surface area contributed by atoms with Crippen molar-refractivity contribution in [3.05, 3.63) is 46.1 Å². The zero-order chi connectivity index (χ0) is 15.6. The lowest BCUT2D eigenvalue weighted by Gasteiger charge is -2.08. The molecule has 0 spiro atoms. The summed E-state index contributed by atoms with van der Waals surface area (Å²) in [5, 5.41) is 2.12. The van der Waals surface area contributed by atoms with Gasteiger partial charge in [0.05, 0.1) is 5.56 Å². The maximum Gasteiger partial charge on any atom is 0.417 e. The summed E-state index contributed by atoms with van der Waals surface area (Å²) in [5.41, 5.74) is -1.18. The van der Waals surface area contributed by atoms with Gasteiger partial charge in [-0.1, -0.05) is 23.2 Å². The molecule has 0 bridgehead atoms. The summed E-state index contributed by atoms with van der Waals surface area (Å²) >= 11 is 11.4. The minimum absolute atomic E-state index is 0.0663. The summed E-state index contributed by atoms with van der Waals surface area (Å²) in [6, 6.07) is 1.69. The molecular weight excluding hydrogens is 332 g/mol. The van der Waals surface area contributed by atoms with Crippen LogP contribution < -0.4 is 5.32 Å². The van der Waals surface area contributed by atoms with Crippen LogP contribution in [0.15, 0.2) is 24.7 Å². The number of hydrogen-bond donors (Lipinski definition) is 1. The first-order chi connectivity index (χ1) is 9.79. The van der Waals surface area contributed by atoms with Crippen molar-refractivity contribution in [1.82, 2.24) is 15.0 Å². The topological polar surface area (TPSA) is 67.8 Å². The van der Waals surface area contributed by atoms with E-state index < -0.39 is 17.6 Å². The zero-order valence-electron chi connectivity index (χ0n) is 9.95. The predicted molar refractivity (Wildman–Crippen MR) is 69.2 cm³/mol. The number of rotatable bonds is 2. The zero-order valence-corrected chi connectivity index (χ0v) is 11.5. The van der Waals surface area contributed by atoms with E-state index in [0.29, 0.717) is 6.20 Å². The molecule has 0 fully saturated rings. The number of carbonyl (C=O) groups excluding carboxylic acids is 1. The molecule has 0 aliphatic rings. The molecule has 1 N–H and O–H groups in total. The molecule has 0 saturated heterocycles. The highest BCUT2D eigenvalue weighted by Gasteiger charge is 2.31. The first-order valence-electron chi connectivity index (χ1n) is 5.29. The van der Waals surface area contributed by atoms with E-state index in [0.717, 1.165) is 18.5 Å². The largest absolute Gasteiger partial charge is 0.417 e. The van der Waals surface area contributed by atoms with E-state index in [4.69, 9.17) is 23.2 Å². The number of anilines is 1. The average Bonchev–Trinajstić information content (AvgIpc) is 2.43. The van der Waals surface area contributed by atoms with Crippen molar-refractivity contribution in [1.29, 1.82) is 0 Å². The number of hydrogen-bond acceptors (Lipinski definition) is 4. The Hall–Kier alpha value is -1.93. The number of halogens is 5. The molecular formula is C11H5Cl2F3N4O. The van der Waals surface area contributed by atoms with Gasteiger partial charge in [-0.2, -0.15) is 13.2 Å². The summed E-state index contributed by atoms with van der Waals surface area (Å²) in [6.07, 6.45) is -2.89.